The molecule has 1 amide bonds. The highest BCUT2D eigenvalue weighted by molar-refractivity contribution is 6.30. The van der Waals surface area contributed by atoms with Crippen LogP contribution in [0.25, 0.3) is 0 Å². The monoisotopic (exact) mass is 324 g/mol. The molecule has 0 spiro atoms. The van der Waals surface area contributed by atoms with Gasteiger partial charge in [0.15, 0.2) is 11.9 Å². The fraction of sp³-hybridized carbons (Fsp3) is 0.214. The molecule has 116 valence electrons. The number of carbonyl (C=O) groups excluding carboxylic acids is 1. The molecule has 0 aliphatic rings. The lowest BCUT2D eigenvalue weighted by Gasteiger charge is -2.14. The first-order valence-electron chi connectivity index (χ1n) is 6.38. The minimum atomic E-state index is -0.908. The third kappa shape index (κ3) is 3.98. The van der Waals surface area contributed by atoms with E-state index in [2.05, 4.69) is 5.32 Å². The smallest absolute Gasteiger partial charge is 0.312 e. The summed E-state index contributed by atoms with van der Waals surface area (Å²) in [6.07, 6.45) is 0.591. The predicted octanol–water partition coefficient (Wildman–Crippen LogP) is 2.92. The van der Waals surface area contributed by atoms with Crippen molar-refractivity contribution < 1.29 is 18.9 Å². The summed E-state index contributed by atoms with van der Waals surface area (Å²) < 4.78 is 10.4. The van der Waals surface area contributed by atoms with Gasteiger partial charge in [0.2, 0.25) is 0 Å². The molecule has 0 aliphatic carbocycles. The maximum Gasteiger partial charge on any atom is 0.312 e. The normalized spacial score (nSPS) is 11.7. The van der Waals surface area contributed by atoms with E-state index in [1.165, 1.54) is 31.4 Å². The summed E-state index contributed by atoms with van der Waals surface area (Å²) >= 11 is 5.72. The number of benzene rings is 1. The van der Waals surface area contributed by atoms with Crippen molar-refractivity contribution in [3.8, 4) is 5.75 Å². The molecule has 0 fully saturated rings. The van der Waals surface area contributed by atoms with Crippen LogP contribution in [0.5, 0.6) is 5.75 Å². The van der Waals surface area contributed by atoms with Gasteiger partial charge in [-0.1, -0.05) is 11.6 Å². The number of nitrogens with zero attached hydrogens (tertiary/aromatic N) is 1. The number of amides is 1. The molecule has 0 saturated carbocycles. The first kappa shape index (κ1) is 15.8. The third-order valence-electron chi connectivity index (χ3n) is 2.81. The summed E-state index contributed by atoms with van der Waals surface area (Å²) in [5, 5.41) is 13.8. The fourth-order valence-electron chi connectivity index (χ4n) is 1.71. The van der Waals surface area contributed by atoms with Crippen LogP contribution in [0.1, 0.15) is 12.7 Å². The highest BCUT2D eigenvalue weighted by Crippen LogP contribution is 2.30. The molecule has 2 rings (SSSR count). The minimum absolute atomic E-state index is 0.0185. The van der Waals surface area contributed by atoms with Crippen LogP contribution < -0.4 is 10.1 Å². The second-order valence-corrected chi connectivity index (χ2v) is 4.86. The van der Waals surface area contributed by atoms with Crippen molar-refractivity contribution in [3.05, 3.63) is 57.5 Å². The van der Waals surface area contributed by atoms with Crippen LogP contribution in [-0.4, -0.2) is 16.9 Å². The second-order valence-electron chi connectivity index (χ2n) is 4.43. The van der Waals surface area contributed by atoms with Crippen molar-refractivity contribution in [1.82, 2.24) is 5.32 Å². The highest BCUT2D eigenvalue weighted by Gasteiger charge is 2.21. The first-order valence-corrected chi connectivity index (χ1v) is 6.76. The van der Waals surface area contributed by atoms with Crippen molar-refractivity contribution in [1.29, 1.82) is 0 Å². The van der Waals surface area contributed by atoms with E-state index in [-0.39, 0.29) is 23.0 Å². The molecule has 0 radical (unpaired) electrons. The van der Waals surface area contributed by atoms with Gasteiger partial charge in [0.1, 0.15) is 5.76 Å². The Hall–Kier alpha value is -2.54. The summed E-state index contributed by atoms with van der Waals surface area (Å²) in [5.41, 5.74) is -0.293. The van der Waals surface area contributed by atoms with Gasteiger partial charge >= 0.3 is 5.69 Å². The number of halogens is 1. The van der Waals surface area contributed by atoms with Gasteiger partial charge in [-0.3, -0.25) is 14.9 Å². The van der Waals surface area contributed by atoms with Crippen molar-refractivity contribution in [3.63, 3.8) is 0 Å². The van der Waals surface area contributed by atoms with Crippen molar-refractivity contribution in [2.75, 3.05) is 0 Å². The molecule has 0 bridgehead atoms. The molecule has 1 N–H and O–H groups in total. The molecule has 22 heavy (non-hydrogen) atoms. The number of nitro benzene ring substituents is 1. The van der Waals surface area contributed by atoms with E-state index in [4.69, 9.17) is 20.8 Å². The van der Waals surface area contributed by atoms with Crippen LogP contribution in [0.2, 0.25) is 5.02 Å². The zero-order chi connectivity index (χ0) is 16.1. The topological polar surface area (TPSA) is 94.6 Å². The number of rotatable bonds is 6. The zero-order valence-electron chi connectivity index (χ0n) is 11.6. The largest absolute Gasteiger partial charge is 0.474 e. The quantitative estimate of drug-likeness (QED) is 0.651. The summed E-state index contributed by atoms with van der Waals surface area (Å²) in [6, 6.07) is 7.41. The molecule has 7 nitrogen and oxygen atoms in total. The minimum Gasteiger partial charge on any atom is -0.474 e. The molecule has 1 heterocycles. The van der Waals surface area contributed by atoms with Gasteiger partial charge in [-0.05, 0) is 31.2 Å². The van der Waals surface area contributed by atoms with Crippen LogP contribution in [0.3, 0.4) is 0 Å². The van der Waals surface area contributed by atoms with Gasteiger partial charge in [-0.25, -0.2) is 0 Å². The van der Waals surface area contributed by atoms with Gasteiger partial charge in [-0.15, -0.1) is 0 Å². The lowest BCUT2D eigenvalue weighted by molar-refractivity contribution is -0.386. The molecule has 0 saturated heterocycles. The Morgan fingerprint density at radius 2 is 2.27 bits per heavy atom. The number of furan rings is 1. The zero-order valence-corrected chi connectivity index (χ0v) is 12.4. The van der Waals surface area contributed by atoms with Crippen molar-refractivity contribution in [2.24, 2.45) is 0 Å². The van der Waals surface area contributed by atoms with Crippen molar-refractivity contribution in [2.45, 2.75) is 19.6 Å². The number of nitro groups is 1. The molecule has 2 aromatic rings. The molecular formula is C14H13ClN2O5. The Kier molecular flexibility index (Phi) is 5.00. The fourth-order valence-corrected chi connectivity index (χ4v) is 1.87. The van der Waals surface area contributed by atoms with Gasteiger partial charge in [-0.2, -0.15) is 0 Å². The van der Waals surface area contributed by atoms with E-state index in [0.29, 0.717) is 5.76 Å². The Labute approximate surface area is 131 Å². The molecule has 1 aromatic heterocycles. The Bertz CT molecular complexity index is 672. The Morgan fingerprint density at radius 3 is 2.91 bits per heavy atom. The van der Waals surface area contributed by atoms with E-state index in [0.717, 1.165) is 0 Å². The van der Waals surface area contributed by atoms with Crippen LogP contribution in [0.15, 0.2) is 41.0 Å². The Morgan fingerprint density at radius 1 is 1.50 bits per heavy atom. The summed E-state index contributed by atoms with van der Waals surface area (Å²) in [4.78, 5) is 22.3. The van der Waals surface area contributed by atoms with E-state index >= 15 is 0 Å². The lowest BCUT2D eigenvalue weighted by atomic mass is 10.3. The summed E-state index contributed by atoms with van der Waals surface area (Å²) in [7, 11) is 0. The molecule has 0 aliphatic heterocycles. The lowest BCUT2D eigenvalue weighted by Crippen LogP contribution is -2.35. The predicted molar refractivity (Wildman–Crippen MR) is 78.8 cm³/mol. The number of hydrogen-bond acceptors (Lipinski definition) is 5. The molecule has 8 heteroatoms. The van der Waals surface area contributed by atoms with Crippen LogP contribution in [-0.2, 0) is 11.3 Å². The number of carbonyl (C=O) groups is 1. The van der Waals surface area contributed by atoms with Gasteiger partial charge in [0.25, 0.3) is 5.91 Å². The molecule has 0 unspecified atom stereocenters. The summed E-state index contributed by atoms with van der Waals surface area (Å²) in [6.45, 7) is 1.71. The second kappa shape index (κ2) is 6.95. The van der Waals surface area contributed by atoms with Crippen LogP contribution >= 0.6 is 11.6 Å². The SMILES string of the molecule is C[C@@H](Oc1ccc(Cl)cc1[N+](=O)[O-])C(=O)NCc1ccco1. The van der Waals surface area contributed by atoms with Gasteiger partial charge in [0, 0.05) is 11.1 Å². The maximum atomic E-state index is 11.9. The highest BCUT2D eigenvalue weighted by atomic mass is 35.5. The van der Waals surface area contributed by atoms with E-state index in [9.17, 15) is 14.9 Å². The first-order chi connectivity index (χ1) is 10.5. The molecule has 1 atom stereocenters. The van der Waals surface area contributed by atoms with Crippen molar-refractivity contribution >= 4 is 23.2 Å². The van der Waals surface area contributed by atoms with Gasteiger partial charge in [0.05, 0.1) is 17.7 Å². The van der Waals surface area contributed by atoms with Crippen LogP contribution in [0.4, 0.5) is 5.69 Å². The number of nitrogens with one attached hydrogen (secondary N) is 1. The van der Waals surface area contributed by atoms with E-state index in [1.54, 1.807) is 12.1 Å². The standard InChI is InChI=1S/C14H13ClN2O5/c1-9(14(18)16-8-11-3-2-6-21-11)22-13-5-4-10(15)7-12(13)17(19)20/h2-7,9H,8H2,1H3,(H,16,18)/t9-/m1/s1. The van der Waals surface area contributed by atoms with E-state index in [1.807, 2.05) is 0 Å². The number of hydrogen-bond donors (Lipinski definition) is 1. The molecular weight excluding hydrogens is 312 g/mol. The Balaban J connectivity index is 2.00. The number of ether oxygens (including phenoxy) is 1. The summed E-state index contributed by atoms with van der Waals surface area (Å²) in [5.74, 6) is 0.161. The van der Waals surface area contributed by atoms with Crippen LogP contribution in [0, 0.1) is 10.1 Å². The third-order valence-corrected chi connectivity index (χ3v) is 3.04. The average molecular weight is 325 g/mol. The van der Waals surface area contributed by atoms with E-state index < -0.39 is 16.9 Å². The average Bonchev–Trinajstić information content (AvgIpc) is 2.99. The maximum absolute atomic E-state index is 11.9. The molecule has 1 aromatic carbocycles. The van der Waals surface area contributed by atoms with Gasteiger partial charge < -0.3 is 14.5 Å².